The Labute approximate surface area is 102 Å². The highest BCUT2D eigenvalue weighted by atomic mass is 79.9. The van der Waals surface area contributed by atoms with Crippen LogP contribution in [0, 0.1) is 0 Å². The number of H-pyrrole nitrogens is 1. The quantitative estimate of drug-likeness (QED) is 0.875. The van der Waals surface area contributed by atoms with E-state index in [1.165, 1.54) is 0 Å². The zero-order chi connectivity index (χ0) is 10.7. The minimum absolute atomic E-state index is 0.727. The molecule has 2 rings (SSSR count). The minimum Gasteiger partial charge on any atom is -0.378 e. The van der Waals surface area contributed by atoms with Crippen LogP contribution in [0.25, 0.3) is 0 Å². The molecule has 78 valence electrons. The summed E-state index contributed by atoms with van der Waals surface area (Å²) in [5.74, 6) is 0. The average molecular weight is 286 g/mol. The molecule has 0 radical (unpaired) electrons. The highest BCUT2D eigenvalue weighted by Gasteiger charge is 2.00. The summed E-state index contributed by atoms with van der Waals surface area (Å²) >= 11 is 9.45. The summed E-state index contributed by atoms with van der Waals surface area (Å²) in [5.41, 5.74) is 2.06. The molecule has 0 saturated carbocycles. The Balaban J connectivity index is 2.07. The molecule has 0 fully saturated rings. The van der Waals surface area contributed by atoms with Crippen LogP contribution in [0.4, 0.5) is 5.69 Å². The molecule has 2 nitrogen and oxygen atoms in total. The van der Waals surface area contributed by atoms with Crippen LogP contribution in [0.1, 0.15) is 5.69 Å². The Bertz CT molecular complexity index is 440. The van der Waals surface area contributed by atoms with Crippen LogP contribution in [0.3, 0.4) is 0 Å². The third kappa shape index (κ3) is 2.76. The van der Waals surface area contributed by atoms with Gasteiger partial charge in [-0.05, 0) is 30.3 Å². The molecule has 0 unspecified atom stereocenters. The summed E-state index contributed by atoms with van der Waals surface area (Å²) in [6, 6.07) is 9.74. The van der Waals surface area contributed by atoms with Gasteiger partial charge in [0.2, 0.25) is 0 Å². The first-order valence-corrected chi connectivity index (χ1v) is 5.74. The summed E-state index contributed by atoms with van der Waals surface area (Å²) < 4.78 is 1.01. The number of rotatable bonds is 3. The Morgan fingerprint density at radius 2 is 2.20 bits per heavy atom. The third-order valence-corrected chi connectivity index (χ3v) is 2.88. The second-order valence-electron chi connectivity index (χ2n) is 3.17. The van der Waals surface area contributed by atoms with Crippen molar-refractivity contribution >= 4 is 33.2 Å². The van der Waals surface area contributed by atoms with Gasteiger partial charge in [0.25, 0.3) is 0 Å². The molecule has 1 aromatic heterocycles. The van der Waals surface area contributed by atoms with Crippen molar-refractivity contribution in [2.45, 2.75) is 6.54 Å². The van der Waals surface area contributed by atoms with E-state index in [0.29, 0.717) is 0 Å². The maximum absolute atomic E-state index is 6.04. The van der Waals surface area contributed by atoms with Gasteiger partial charge in [-0.3, -0.25) is 0 Å². The Morgan fingerprint density at radius 1 is 1.33 bits per heavy atom. The lowest BCUT2D eigenvalue weighted by Gasteiger charge is -2.07. The summed E-state index contributed by atoms with van der Waals surface area (Å²) in [4.78, 5) is 3.12. The molecule has 0 amide bonds. The SMILES string of the molecule is Clc1ccc(Br)cc1NCc1ccc[nH]1. The van der Waals surface area contributed by atoms with E-state index in [1.54, 1.807) is 0 Å². The molecule has 0 aliphatic rings. The van der Waals surface area contributed by atoms with Crippen molar-refractivity contribution in [1.29, 1.82) is 0 Å². The molecule has 0 aliphatic carbocycles. The van der Waals surface area contributed by atoms with Gasteiger partial charge in [-0.1, -0.05) is 27.5 Å². The lowest BCUT2D eigenvalue weighted by Crippen LogP contribution is -1.99. The summed E-state index contributed by atoms with van der Waals surface area (Å²) in [6.45, 7) is 0.739. The summed E-state index contributed by atoms with van der Waals surface area (Å²) in [5, 5.41) is 3.99. The lowest BCUT2D eigenvalue weighted by atomic mass is 10.3. The van der Waals surface area contributed by atoms with Gasteiger partial charge in [0.1, 0.15) is 0 Å². The molecule has 0 spiro atoms. The molecule has 0 bridgehead atoms. The lowest BCUT2D eigenvalue weighted by molar-refractivity contribution is 1.07. The van der Waals surface area contributed by atoms with Crippen molar-refractivity contribution in [3.05, 3.63) is 51.7 Å². The number of nitrogens with one attached hydrogen (secondary N) is 2. The van der Waals surface area contributed by atoms with E-state index >= 15 is 0 Å². The van der Waals surface area contributed by atoms with E-state index in [-0.39, 0.29) is 0 Å². The van der Waals surface area contributed by atoms with Crippen LogP contribution in [0.15, 0.2) is 41.0 Å². The van der Waals surface area contributed by atoms with Crippen LogP contribution in [0.2, 0.25) is 5.02 Å². The van der Waals surface area contributed by atoms with Gasteiger partial charge >= 0.3 is 0 Å². The largest absolute Gasteiger partial charge is 0.378 e. The minimum atomic E-state index is 0.727. The van der Waals surface area contributed by atoms with Gasteiger partial charge in [0, 0.05) is 16.4 Å². The van der Waals surface area contributed by atoms with Gasteiger partial charge in [0.15, 0.2) is 0 Å². The third-order valence-electron chi connectivity index (χ3n) is 2.06. The number of hydrogen-bond donors (Lipinski definition) is 2. The number of hydrogen-bond acceptors (Lipinski definition) is 1. The van der Waals surface area contributed by atoms with E-state index in [0.717, 1.165) is 27.4 Å². The molecule has 1 aromatic carbocycles. The number of aromatic nitrogens is 1. The van der Waals surface area contributed by atoms with Crippen molar-refractivity contribution in [2.24, 2.45) is 0 Å². The van der Waals surface area contributed by atoms with Gasteiger partial charge < -0.3 is 10.3 Å². The molecule has 4 heteroatoms. The molecular weight excluding hydrogens is 275 g/mol. The smallest absolute Gasteiger partial charge is 0.0638 e. The number of benzene rings is 1. The molecule has 15 heavy (non-hydrogen) atoms. The Morgan fingerprint density at radius 3 is 2.93 bits per heavy atom. The summed E-state index contributed by atoms with van der Waals surface area (Å²) in [6.07, 6.45) is 1.90. The number of anilines is 1. The maximum Gasteiger partial charge on any atom is 0.0638 e. The predicted octanol–water partition coefficient (Wildman–Crippen LogP) is 4.04. The van der Waals surface area contributed by atoms with Gasteiger partial charge in [-0.2, -0.15) is 0 Å². The zero-order valence-electron chi connectivity index (χ0n) is 7.93. The Kier molecular flexibility index (Phi) is 3.34. The van der Waals surface area contributed by atoms with Crippen LogP contribution >= 0.6 is 27.5 Å². The van der Waals surface area contributed by atoms with Crippen molar-refractivity contribution in [3.63, 3.8) is 0 Å². The molecule has 2 N–H and O–H groups in total. The topological polar surface area (TPSA) is 27.8 Å². The molecule has 2 aromatic rings. The monoisotopic (exact) mass is 284 g/mol. The van der Waals surface area contributed by atoms with Gasteiger partial charge in [0.05, 0.1) is 17.3 Å². The number of halogens is 2. The van der Waals surface area contributed by atoms with E-state index in [1.807, 2.05) is 36.5 Å². The first-order chi connectivity index (χ1) is 7.25. The number of aromatic amines is 1. The first kappa shape index (κ1) is 10.6. The molecule has 0 aliphatic heterocycles. The predicted molar refractivity (Wildman–Crippen MR) is 67.3 cm³/mol. The van der Waals surface area contributed by atoms with E-state index < -0.39 is 0 Å². The van der Waals surface area contributed by atoms with E-state index in [4.69, 9.17) is 11.6 Å². The summed E-state index contributed by atoms with van der Waals surface area (Å²) in [7, 11) is 0. The van der Waals surface area contributed by atoms with Crippen molar-refractivity contribution in [1.82, 2.24) is 4.98 Å². The van der Waals surface area contributed by atoms with Crippen molar-refractivity contribution in [2.75, 3.05) is 5.32 Å². The van der Waals surface area contributed by atoms with Crippen LogP contribution in [-0.2, 0) is 6.54 Å². The fourth-order valence-electron chi connectivity index (χ4n) is 1.30. The van der Waals surface area contributed by atoms with Crippen LogP contribution in [0.5, 0.6) is 0 Å². The van der Waals surface area contributed by atoms with Crippen molar-refractivity contribution in [3.8, 4) is 0 Å². The van der Waals surface area contributed by atoms with Crippen molar-refractivity contribution < 1.29 is 0 Å². The molecular formula is C11H10BrClN2. The highest BCUT2D eigenvalue weighted by Crippen LogP contribution is 2.25. The molecule has 1 heterocycles. The van der Waals surface area contributed by atoms with Crippen LogP contribution < -0.4 is 5.32 Å². The van der Waals surface area contributed by atoms with Gasteiger partial charge in [-0.25, -0.2) is 0 Å². The van der Waals surface area contributed by atoms with Crippen LogP contribution in [-0.4, -0.2) is 4.98 Å². The second-order valence-corrected chi connectivity index (χ2v) is 4.50. The van der Waals surface area contributed by atoms with Gasteiger partial charge in [-0.15, -0.1) is 0 Å². The molecule has 0 saturated heterocycles. The maximum atomic E-state index is 6.04. The van der Waals surface area contributed by atoms with E-state index in [2.05, 4.69) is 26.2 Å². The Hall–Kier alpha value is -0.930. The molecule has 0 atom stereocenters. The normalized spacial score (nSPS) is 10.3. The zero-order valence-corrected chi connectivity index (χ0v) is 10.3. The van der Waals surface area contributed by atoms with E-state index in [9.17, 15) is 0 Å². The first-order valence-electron chi connectivity index (χ1n) is 4.57. The fourth-order valence-corrected chi connectivity index (χ4v) is 1.85. The standard InChI is InChI=1S/C11H10BrClN2/c12-8-3-4-10(13)11(6-8)15-7-9-2-1-5-14-9/h1-6,14-15H,7H2. The average Bonchev–Trinajstić information content (AvgIpc) is 2.72. The fraction of sp³-hybridized carbons (Fsp3) is 0.0909. The second kappa shape index (κ2) is 4.73. The highest BCUT2D eigenvalue weighted by molar-refractivity contribution is 9.10.